The van der Waals surface area contributed by atoms with Gasteiger partial charge >= 0.3 is 0 Å². The minimum atomic E-state index is -0.163. The van der Waals surface area contributed by atoms with Gasteiger partial charge in [0, 0.05) is 43.6 Å². The molecule has 2 heterocycles. The summed E-state index contributed by atoms with van der Waals surface area (Å²) in [5, 5.41) is 7.59. The van der Waals surface area contributed by atoms with Gasteiger partial charge in [-0.05, 0) is 43.0 Å². The van der Waals surface area contributed by atoms with Gasteiger partial charge < -0.3 is 14.6 Å². The molecule has 0 bridgehead atoms. The van der Waals surface area contributed by atoms with Crippen molar-refractivity contribution in [1.82, 2.24) is 15.0 Å². The summed E-state index contributed by atoms with van der Waals surface area (Å²) in [6.45, 7) is 6.70. The zero-order valence-electron chi connectivity index (χ0n) is 19.7. The van der Waals surface area contributed by atoms with Crippen LogP contribution in [0.4, 0.5) is 5.69 Å². The van der Waals surface area contributed by atoms with Crippen molar-refractivity contribution in [3.05, 3.63) is 75.9 Å². The average Bonchev–Trinajstić information content (AvgIpc) is 3.29. The second-order valence-corrected chi connectivity index (χ2v) is 8.97. The van der Waals surface area contributed by atoms with Crippen LogP contribution in [0.3, 0.4) is 0 Å². The number of nitrogens with zero attached hydrogens (tertiary/aromatic N) is 3. The number of methoxy groups -OCH3 is 1. The molecule has 1 amide bonds. The number of anilines is 1. The molecule has 0 spiro atoms. The number of carbonyl (C=O) groups excluding carboxylic acids is 1. The van der Waals surface area contributed by atoms with Gasteiger partial charge in [0.25, 0.3) is 0 Å². The number of hydrogen-bond acceptors (Lipinski definition) is 6. The number of rotatable bonds is 8. The Morgan fingerprint density at radius 1 is 1.26 bits per heavy atom. The standard InChI is InChI=1S/C26H29ClN4O3/c1-17-5-4-6-19(13-17)16-31-11-9-20(10-12-31)26-29-25(34-30-26)8-7-24(32)28-22-14-18(2)21(27)15-23(22)33-3/h4-6,9,13-15H,7-8,10-12,16H2,1-3H3,(H,28,32). The minimum absolute atomic E-state index is 0.163. The Morgan fingerprint density at radius 2 is 2.12 bits per heavy atom. The molecule has 34 heavy (non-hydrogen) atoms. The van der Waals surface area contributed by atoms with Gasteiger partial charge in [-0.25, -0.2) is 0 Å². The largest absolute Gasteiger partial charge is 0.495 e. The maximum absolute atomic E-state index is 12.5. The molecular formula is C26H29ClN4O3. The maximum Gasteiger partial charge on any atom is 0.227 e. The monoisotopic (exact) mass is 480 g/mol. The second kappa shape index (κ2) is 10.8. The van der Waals surface area contributed by atoms with Crippen molar-refractivity contribution in [2.75, 3.05) is 25.5 Å². The topological polar surface area (TPSA) is 80.5 Å². The molecule has 8 heteroatoms. The Morgan fingerprint density at radius 3 is 2.85 bits per heavy atom. The third-order valence-corrected chi connectivity index (χ3v) is 6.27. The predicted octanol–water partition coefficient (Wildman–Crippen LogP) is 5.21. The highest BCUT2D eigenvalue weighted by atomic mass is 35.5. The molecule has 2 aromatic carbocycles. The molecule has 1 aliphatic heterocycles. The van der Waals surface area contributed by atoms with E-state index in [0.717, 1.165) is 37.2 Å². The number of nitrogens with one attached hydrogen (secondary N) is 1. The molecule has 0 unspecified atom stereocenters. The lowest BCUT2D eigenvalue weighted by atomic mass is 10.1. The fourth-order valence-corrected chi connectivity index (χ4v) is 4.13. The smallest absolute Gasteiger partial charge is 0.227 e. The molecule has 178 valence electrons. The van der Waals surface area contributed by atoms with Gasteiger partial charge in [0.15, 0.2) is 5.82 Å². The number of carbonyl (C=O) groups is 1. The normalized spacial score (nSPS) is 14.1. The van der Waals surface area contributed by atoms with Crippen molar-refractivity contribution in [3.63, 3.8) is 0 Å². The summed E-state index contributed by atoms with van der Waals surface area (Å²) in [4.78, 5) is 19.4. The highest BCUT2D eigenvalue weighted by Gasteiger charge is 2.18. The molecule has 7 nitrogen and oxygen atoms in total. The van der Waals surface area contributed by atoms with Crippen molar-refractivity contribution >= 4 is 28.8 Å². The molecule has 0 saturated heterocycles. The first-order chi connectivity index (χ1) is 16.4. The van der Waals surface area contributed by atoms with Crippen molar-refractivity contribution < 1.29 is 14.1 Å². The fraction of sp³-hybridized carbons (Fsp3) is 0.346. The summed E-state index contributed by atoms with van der Waals surface area (Å²) in [6.07, 6.45) is 3.60. The molecule has 0 aliphatic carbocycles. The van der Waals surface area contributed by atoms with E-state index in [1.807, 2.05) is 6.92 Å². The van der Waals surface area contributed by atoms with Crippen LogP contribution in [0.1, 0.15) is 41.2 Å². The third-order valence-electron chi connectivity index (χ3n) is 5.86. The van der Waals surface area contributed by atoms with E-state index in [4.69, 9.17) is 20.9 Å². The average molecular weight is 481 g/mol. The van der Waals surface area contributed by atoms with Crippen molar-refractivity contribution in [2.45, 2.75) is 39.7 Å². The molecule has 0 saturated carbocycles. The van der Waals surface area contributed by atoms with Crippen LogP contribution < -0.4 is 10.1 Å². The van der Waals surface area contributed by atoms with Crippen molar-refractivity contribution in [3.8, 4) is 5.75 Å². The Bertz CT molecular complexity index is 1200. The van der Waals surface area contributed by atoms with Crippen LogP contribution in [-0.4, -0.2) is 41.1 Å². The molecule has 1 aromatic heterocycles. The van der Waals surface area contributed by atoms with Crippen LogP contribution in [0, 0.1) is 13.8 Å². The first-order valence-corrected chi connectivity index (χ1v) is 11.7. The third kappa shape index (κ3) is 6.04. The van der Waals surface area contributed by atoms with E-state index in [-0.39, 0.29) is 12.3 Å². The number of halogens is 1. The number of benzene rings is 2. The fourth-order valence-electron chi connectivity index (χ4n) is 3.98. The lowest BCUT2D eigenvalue weighted by Crippen LogP contribution is -2.28. The van der Waals surface area contributed by atoms with Crippen LogP contribution in [-0.2, 0) is 17.8 Å². The van der Waals surface area contributed by atoms with Crippen LogP contribution in [0.15, 0.2) is 47.0 Å². The molecular weight excluding hydrogens is 452 g/mol. The summed E-state index contributed by atoms with van der Waals surface area (Å²) < 4.78 is 10.7. The molecule has 0 fully saturated rings. The second-order valence-electron chi connectivity index (χ2n) is 8.57. The van der Waals surface area contributed by atoms with Crippen LogP contribution in [0.5, 0.6) is 5.75 Å². The zero-order valence-corrected chi connectivity index (χ0v) is 20.5. The Kier molecular flexibility index (Phi) is 7.65. The Labute approximate surface area is 204 Å². The summed E-state index contributed by atoms with van der Waals surface area (Å²) in [6, 6.07) is 12.1. The number of hydrogen-bond donors (Lipinski definition) is 1. The van der Waals surface area contributed by atoms with Gasteiger partial charge in [0.2, 0.25) is 11.8 Å². The summed E-state index contributed by atoms with van der Waals surface area (Å²) in [5.41, 5.74) is 5.13. The van der Waals surface area contributed by atoms with E-state index in [1.54, 1.807) is 19.2 Å². The summed E-state index contributed by atoms with van der Waals surface area (Å²) in [7, 11) is 1.54. The van der Waals surface area contributed by atoms with E-state index >= 15 is 0 Å². The van der Waals surface area contributed by atoms with E-state index in [1.165, 1.54) is 11.1 Å². The quantitative estimate of drug-likeness (QED) is 0.476. The Hall–Kier alpha value is -3.16. The predicted molar refractivity (Wildman–Crippen MR) is 133 cm³/mol. The highest BCUT2D eigenvalue weighted by molar-refractivity contribution is 6.31. The molecule has 1 aliphatic rings. The SMILES string of the molecule is COc1cc(Cl)c(C)cc1NC(=O)CCc1nc(C2=CCN(Cc3cccc(C)c3)CC2)no1. The minimum Gasteiger partial charge on any atom is -0.495 e. The van der Waals surface area contributed by atoms with E-state index in [9.17, 15) is 4.79 Å². The van der Waals surface area contributed by atoms with Gasteiger partial charge in [0.05, 0.1) is 12.8 Å². The van der Waals surface area contributed by atoms with Crippen molar-refractivity contribution in [1.29, 1.82) is 0 Å². The van der Waals surface area contributed by atoms with Gasteiger partial charge in [-0.15, -0.1) is 0 Å². The lowest BCUT2D eigenvalue weighted by Gasteiger charge is -2.25. The number of ether oxygens (including phenoxy) is 1. The van der Waals surface area contributed by atoms with Crippen LogP contribution >= 0.6 is 11.6 Å². The lowest BCUT2D eigenvalue weighted by molar-refractivity contribution is -0.116. The first-order valence-electron chi connectivity index (χ1n) is 11.3. The van der Waals surface area contributed by atoms with E-state index in [0.29, 0.717) is 34.6 Å². The molecule has 3 aromatic rings. The molecule has 1 N–H and O–H groups in total. The maximum atomic E-state index is 12.5. The highest BCUT2D eigenvalue weighted by Crippen LogP contribution is 2.31. The number of aryl methyl sites for hydroxylation is 3. The molecule has 0 radical (unpaired) electrons. The molecule has 0 atom stereocenters. The number of aromatic nitrogens is 2. The van der Waals surface area contributed by atoms with Gasteiger partial charge in [-0.3, -0.25) is 9.69 Å². The summed E-state index contributed by atoms with van der Waals surface area (Å²) in [5.74, 6) is 1.42. The van der Waals surface area contributed by atoms with Crippen molar-refractivity contribution in [2.24, 2.45) is 0 Å². The van der Waals surface area contributed by atoms with Gasteiger partial charge in [-0.2, -0.15) is 4.98 Å². The zero-order chi connectivity index (χ0) is 24.1. The van der Waals surface area contributed by atoms with E-state index in [2.05, 4.69) is 57.6 Å². The van der Waals surface area contributed by atoms with Gasteiger partial charge in [0.1, 0.15) is 5.75 Å². The number of amides is 1. The van der Waals surface area contributed by atoms with Crippen LogP contribution in [0.25, 0.3) is 5.57 Å². The van der Waals surface area contributed by atoms with E-state index < -0.39 is 0 Å². The van der Waals surface area contributed by atoms with Crippen LogP contribution in [0.2, 0.25) is 5.02 Å². The summed E-state index contributed by atoms with van der Waals surface area (Å²) >= 11 is 6.13. The Balaban J connectivity index is 1.30. The molecule has 4 rings (SSSR count). The first kappa shape index (κ1) is 24.0. The van der Waals surface area contributed by atoms with Gasteiger partial charge in [-0.1, -0.05) is 52.7 Å².